The van der Waals surface area contributed by atoms with Gasteiger partial charge in [0, 0.05) is 30.6 Å². The van der Waals surface area contributed by atoms with Crippen LogP contribution in [0.3, 0.4) is 0 Å². The molecule has 136 valence electrons. The Hall–Kier alpha value is -3.49. The minimum atomic E-state index is -0.899. The van der Waals surface area contributed by atoms with E-state index < -0.39 is 29.2 Å². The third-order valence-electron chi connectivity index (χ3n) is 3.51. The second-order valence-electron chi connectivity index (χ2n) is 5.32. The molecular weight excluding hydrogens is 345 g/mol. The first kappa shape index (κ1) is 18.8. The van der Waals surface area contributed by atoms with Crippen molar-refractivity contribution in [1.29, 1.82) is 0 Å². The molecule has 9 heteroatoms. The predicted molar refractivity (Wildman–Crippen MR) is 92.7 cm³/mol. The topological polar surface area (TPSA) is 111 Å². The predicted octanol–water partition coefficient (Wildman–Crippen LogP) is 2.88. The van der Waals surface area contributed by atoms with Crippen molar-refractivity contribution in [3.8, 4) is 0 Å². The van der Waals surface area contributed by atoms with Gasteiger partial charge < -0.3 is 15.4 Å². The van der Waals surface area contributed by atoms with Gasteiger partial charge >= 0.3 is 5.97 Å². The highest BCUT2D eigenvalue weighted by Crippen LogP contribution is 2.22. The van der Waals surface area contributed by atoms with Crippen LogP contribution in [0, 0.1) is 22.9 Å². The highest BCUT2D eigenvalue weighted by Gasteiger charge is 2.18. The molecule has 0 aliphatic heterocycles. The van der Waals surface area contributed by atoms with Crippen molar-refractivity contribution in [2.45, 2.75) is 6.92 Å². The average molecular weight is 361 g/mol. The maximum absolute atomic E-state index is 13.2. The lowest BCUT2D eigenvalue weighted by Gasteiger charge is -2.11. The Balaban J connectivity index is 2.06. The first-order valence-corrected chi connectivity index (χ1v) is 7.51. The molecule has 8 nitrogen and oxygen atoms in total. The number of anilines is 2. The highest BCUT2D eigenvalue weighted by atomic mass is 19.1. The fraction of sp³-hybridized carbons (Fsp3) is 0.176. The summed E-state index contributed by atoms with van der Waals surface area (Å²) in [6.07, 6.45) is 0. The standard InChI is InChI=1S/C17H16FN3O5/c1-10-3-4-11(18)7-15(10)20-16(22)9-26-17(23)13-8-12(21(24)25)5-6-14(13)19-2/h3-8,19H,9H2,1-2H3,(H,20,22). The number of carbonyl (C=O) groups is 2. The molecule has 0 fully saturated rings. The molecule has 0 heterocycles. The number of nitro groups is 1. The van der Waals surface area contributed by atoms with E-state index in [1.807, 2.05) is 0 Å². The van der Waals surface area contributed by atoms with E-state index in [1.165, 1.54) is 31.3 Å². The molecule has 2 rings (SSSR count). The maximum atomic E-state index is 13.2. The summed E-state index contributed by atoms with van der Waals surface area (Å²) in [7, 11) is 1.54. The molecule has 0 aromatic heterocycles. The third kappa shape index (κ3) is 4.53. The molecule has 0 saturated carbocycles. The monoisotopic (exact) mass is 361 g/mol. The van der Waals surface area contributed by atoms with Crippen molar-refractivity contribution >= 4 is 28.9 Å². The molecule has 0 unspecified atom stereocenters. The number of aryl methyl sites for hydroxylation is 1. The number of rotatable bonds is 6. The Kier molecular flexibility index (Phi) is 5.84. The highest BCUT2D eigenvalue weighted by molar-refractivity contribution is 5.99. The van der Waals surface area contributed by atoms with Crippen LogP contribution < -0.4 is 10.6 Å². The number of hydrogen-bond donors (Lipinski definition) is 2. The molecule has 0 bridgehead atoms. The van der Waals surface area contributed by atoms with Crippen LogP contribution >= 0.6 is 0 Å². The number of halogens is 1. The molecule has 2 aromatic carbocycles. The number of non-ortho nitro benzene ring substituents is 1. The summed E-state index contributed by atoms with van der Waals surface area (Å²) in [5, 5.41) is 16.0. The van der Waals surface area contributed by atoms with Crippen molar-refractivity contribution in [3.63, 3.8) is 0 Å². The van der Waals surface area contributed by atoms with E-state index >= 15 is 0 Å². The summed E-state index contributed by atoms with van der Waals surface area (Å²) in [6.45, 7) is 1.06. The first-order chi connectivity index (χ1) is 12.3. The molecule has 0 aliphatic carbocycles. The molecule has 0 aliphatic rings. The van der Waals surface area contributed by atoms with Gasteiger partial charge in [-0.15, -0.1) is 0 Å². The summed E-state index contributed by atoms with van der Waals surface area (Å²) >= 11 is 0. The third-order valence-corrected chi connectivity index (χ3v) is 3.51. The van der Waals surface area contributed by atoms with Crippen LogP contribution in [-0.4, -0.2) is 30.5 Å². The van der Waals surface area contributed by atoms with Gasteiger partial charge in [-0.25, -0.2) is 9.18 Å². The van der Waals surface area contributed by atoms with Gasteiger partial charge in [0.15, 0.2) is 6.61 Å². The van der Waals surface area contributed by atoms with Crippen molar-refractivity contribution < 1.29 is 23.6 Å². The first-order valence-electron chi connectivity index (χ1n) is 7.51. The van der Waals surface area contributed by atoms with Gasteiger partial charge in [0.25, 0.3) is 11.6 Å². The van der Waals surface area contributed by atoms with Gasteiger partial charge in [-0.3, -0.25) is 14.9 Å². The van der Waals surface area contributed by atoms with E-state index in [0.717, 1.165) is 12.1 Å². The number of amides is 1. The van der Waals surface area contributed by atoms with Crippen LogP contribution in [0.4, 0.5) is 21.5 Å². The average Bonchev–Trinajstić information content (AvgIpc) is 2.62. The van der Waals surface area contributed by atoms with E-state index in [2.05, 4.69) is 10.6 Å². The van der Waals surface area contributed by atoms with Gasteiger partial charge in [-0.2, -0.15) is 0 Å². The van der Waals surface area contributed by atoms with Crippen LogP contribution in [0.15, 0.2) is 36.4 Å². The number of hydrogen-bond acceptors (Lipinski definition) is 6. The Morgan fingerprint density at radius 1 is 1.19 bits per heavy atom. The lowest BCUT2D eigenvalue weighted by molar-refractivity contribution is -0.384. The number of nitro benzene ring substituents is 1. The molecule has 1 amide bonds. The maximum Gasteiger partial charge on any atom is 0.341 e. The van der Waals surface area contributed by atoms with Crippen LogP contribution in [0.5, 0.6) is 0 Å². The molecule has 2 aromatic rings. The van der Waals surface area contributed by atoms with Crippen LogP contribution in [0.25, 0.3) is 0 Å². The number of nitrogens with one attached hydrogen (secondary N) is 2. The zero-order valence-electron chi connectivity index (χ0n) is 14.0. The van der Waals surface area contributed by atoms with E-state index in [4.69, 9.17) is 4.74 Å². The molecule has 0 radical (unpaired) electrons. The number of benzene rings is 2. The molecule has 26 heavy (non-hydrogen) atoms. The van der Waals surface area contributed by atoms with Gasteiger partial charge in [0.05, 0.1) is 10.5 Å². The lowest BCUT2D eigenvalue weighted by atomic mass is 10.1. The number of ether oxygens (including phenoxy) is 1. The Morgan fingerprint density at radius 3 is 2.58 bits per heavy atom. The molecule has 0 saturated heterocycles. The van der Waals surface area contributed by atoms with Crippen molar-refractivity contribution in [2.75, 3.05) is 24.3 Å². The Bertz CT molecular complexity index is 869. The molecule has 2 N–H and O–H groups in total. The lowest BCUT2D eigenvalue weighted by Crippen LogP contribution is -2.22. The molecular formula is C17H16FN3O5. The van der Waals surface area contributed by atoms with Crippen LogP contribution in [-0.2, 0) is 9.53 Å². The van der Waals surface area contributed by atoms with E-state index in [0.29, 0.717) is 11.3 Å². The summed E-state index contributed by atoms with van der Waals surface area (Å²) in [6, 6.07) is 7.57. The number of esters is 1. The summed E-state index contributed by atoms with van der Waals surface area (Å²) < 4.78 is 18.1. The second-order valence-corrected chi connectivity index (χ2v) is 5.32. The van der Waals surface area contributed by atoms with Crippen molar-refractivity contribution in [2.24, 2.45) is 0 Å². The summed E-state index contributed by atoms with van der Waals surface area (Å²) in [4.78, 5) is 34.3. The van der Waals surface area contributed by atoms with Crippen molar-refractivity contribution in [1.82, 2.24) is 0 Å². The van der Waals surface area contributed by atoms with E-state index in [1.54, 1.807) is 6.92 Å². The normalized spacial score (nSPS) is 10.1. The smallest absolute Gasteiger partial charge is 0.341 e. The number of carbonyl (C=O) groups excluding carboxylic acids is 2. The Labute approximate surface area is 148 Å². The van der Waals surface area contributed by atoms with Gasteiger partial charge in [-0.1, -0.05) is 6.07 Å². The second kappa shape index (κ2) is 8.06. The minimum Gasteiger partial charge on any atom is -0.452 e. The summed E-state index contributed by atoms with van der Waals surface area (Å²) in [5.74, 6) is -2.08. The van der Waals surface area contributed by atoms with Crippen LogP contribution in [0.2, 0.25) is 0 Å². The Morgan fingerprint density at radius 2 is 1.92 bits per heavy atom. The SMILES string of the molecule is CNc1ccc([N+](=O)[O-])cc1C(=O)OCC(=O)Nc1cc(F)ccc1C. The number of nitrogens with zero attached hydrogens (tertiary/aromatic N) is 1. The van der Waals surface area contributed by atoms with E-state index in [9.17, 15) is 24.1 Å². The zero-order chi connectivity index (χ0) is 19.3. The fourth-order valence-electron chi connectivity index (χ4n) is 2.16. The van der Waals surface area contributed by atoms with Gasteiger partial charge in [-0.05, 0) is 30.7 Å². The van der Waals surface area contributed by atoms with E-state index in [-0.39, 0.29) is 16.9 Å². The molecule has 0 spiro atoms. The summed E-state index contributed by atoms with van der Waals surface area (Å²) in [5.41, 5.74) is 0.869. The van der Waals surface area contributed by atoms with Crippen molar-refractivity contribution in [3.05, 3.63) is 63.5 Å². The largest absolute Gasteiger partial charge is 0.452 e. The fourth-order valence-corrected chi connectivity index (χ4v) is 2.16. The zero-order valence-corrected chi connectivity index (χ0v) is 14.0. The van der Waals surface area contributed by atoms with Crippen LogP contribution in [0.1, 0.15) is 15.9 Å². The quantitative estimate of drug-likeness (QED) is 0.465. The van der Waals surface area contributed by atoms with Gasteiger partial charge in [0.1, 0.15) is 5.82 Å². The molecule has 0 atom stereocenters. The van der Waals surface area contributed by atoms with Gasteiger partial charge in [0.2, 0.25) is 0 Å². The minimum absolute atomic E-state index is 0.0727.